The van der Waals surface area contributed by atoms with E-state index in [1.807, 2.05) is 12.3 Å². The van der Waals surface area contributed by atoms with Crippen molar-refractivity contribution in [1.29, 1.82) is 0 Å². The fraction of sp³-hybridized carbons (Fsp3) is 0.182. The molecule has 2 aromatic rings. The predicted octanol–water partition coefficient (Wildman–Crippen LogP) is 3.89. The molecule has 78 valence electrons. The van der Waals surface area contributed by atoms with E-state index in [1.54, 1.807) is 0 Å². The van der Waals surface area contributed by atoms with Gasteiger partial charge in [0.1, 0.15) is 5.82 Å². The summed E-state index contributed by atoms with van der Waals surface area (Å²) in [5, 5.41) is 0. The Bertz CT molecular complexity index is 479. The molecular formula is C11H10BrClN2. The van der Waals surface area contributed by atoms with Crippen molar-refractivity contribution in [2.24, 2.45) is 0 Å². The molecule has 1 aromatic heterocycles. The molecule has 15 heavy (non-hydrogen) atoms. The van der Waals surface area contributed by atoms with Gasteiger partial charge in [-0.05, 0) is 24.6 Å². The third-order valence-electron chi connectivity index (χ3n) is 2.24. The molecule has 0 saturated heterocycles. The fourth-order valence-electron chi connectivity index (χ4n) is 1.45. The third-order valence-corrected chi connectivity index (χ3v) is 2.99. The van der Waals surface area contributed by atoms with Crippen LogP contribution in [-0.4, -0.2) is 9.97 Å². The average Bonchev–Trinajstić information content (AvgIpc) is 2.70. The number of alkyl halides is 1. The molecule has 0 aliphatic carbocycles. The van der Waals surface area contributed by atoms with Crippen molar-refractivity contribution in [1.82, 2.24) is 9.97 Å². The number of hydrogen-bond acceptors (Lipinski definition) is 1. The molecule has 0 atom stereocenters. The van der Waals surface area contributed by atoms with Gasteiger partial charge in [-0.25, -0.2) is 4.98 Å². The molecule has 0 unspecified atom stereocenters. The van der Waals surface area contributed by atoms with Crippen LogP contribution in [0.1, 0.15) is 11.4 Å². The molecule has 1 heterocycles. The number of rotatable bonds is 2. The molecular weight excluding hydrogens is 275 g/mol. The number of nitrogens with one attached hydrogen (secondary N) is 1. The van der Waals surface area contributed by atoms with E-state index in [4.69, 9.17) is 11.6 Å². The summed E-state index contributed by atoms with van der Waals surface area (Å²) in [7, 11) is 0. The van der Waals surface area contributed by atoms with Crippen LogP contribution in [0.4, 0.5) is 0 Å². The van der Waals surface area contributed by atoms with Crippen molar-refractivity contribution in [3.05, 3.63) is 40.3 Å². The van der Waals surface area contributed by atoms with Crippen molar-refractivity contribution >= 4 is 27.5 Å². The van der Waals surface area contributed by atoms with E-state index in [2.05, 4.69) is 45.0 Å². The summed E-state index contributed by atoms with van der Waals surface area (Å²) in [6, 6.07) is 6.17. The van der Waals surface area contributed by atoms with Gasteiger partial charge in [-0.3, -0.25) is 0 Å². The van der Waals surface area contributed by atoms with E-state index in [-0.39, 0.29) is 0 Å². The Labute approximate surface area is 102 Å². The van der Waals surface area contributed by atoms with Gasteiger partial charge in [0.15, 0.2) is 0 Å². The summed E-state index contributed by atoms with van der Waals surface area (Å²) in [5.41, 5.74) is 3.36. The number of benzene rings is 1. The maximum atomic E-state index is 5.70. The Kier molecular flexibility index (Phi) is 3.12. The lowest BCUT2D eigenvalue weighted by atomic mass is 10.1. The van der Waals surface area contributed by atoms with Crippen molar-refractivity contribution in [2.45, 2.75) is 12.8 Å². The van der Waals surface area contributed by atoms with E-state index in [0.717, 1.165) is 21.6 Å². The first-order valence-electron chi connectivity index (χ1n) is 4.57. The first-order valence-corrected chi connectivity index (χ1v) is 5.90. The summed E-state index contributed by atoms with van der Waals surface area (Å²) in [6.45, 7) is 2.07. The normalized spacial score (nSPS) is 10.6. The highest BCUT2D eigenvalue weighted by Gasteiger charge is 2.05. The Morgan fingerprint density at radius 3 is 2.93 bits per heavy atom. The molecule has 0 spiro atoms. The number of H-pyrrole nitrogens is 1. The van der Waals surface area contributed by atoms with Crippen LogP contribution in [0.3, 0.4) is 0 Å². The van der Waals surface area contributed by atoms with Crippen LogP contribution in [0.15, 0.2) is 28.9 Å². The Morgan fingerprint density at radius 1 is 1.47 bits per heavy atom. The SMILES string of the molecule is Cc1ccc(Br)cc1-c1cnc(CCl)[nH]1. The highest BCUT2D eigenvalue weighted by Crippen LogP contribution is 2.25. The molecule has 2 rings (SSSR count). The van der Waals surface area contributed by atoms with Crippen LogP contribution in [0, 0.1) is 6.92 Å². The number of aryl methyl sites for hydroxylation is 1. The van der Waals surface area contributed by atoms with Crippen LogP contribution in [0.5, 0.6) is 0 Å². The molecule has 4 heteroatoms. The zero-order valence-corrected chi connectivity index (χ0v) is 10.6. The lowest BCUT2D eigenvalue weighted by molar-refractivity contribution is 1.12. The quantitative estimate of drug-likeness (QED) is 0.833. The molecule has 0 amide bonds. The molecule has 2 nitrogen and oxygen atoms in total. The van der Waals surface area contributed by atoms with Crippen molar-refractivity contribution in [3.63, 3.8) is 0 Å². The second kappa shape index (κ2) is 4.37. The van der Waals surface area contributed by atoms with Gasteiger partial charge in [-0.2, -0.15) is 0 Å². The Morgan fingerprint density at radius 2 is 2.27 bits per heavy atom. The van der Waals surface area contributed by atoms with Crippen molar-refractivity contribution in [2.75, 3.05) is 0 Å². The highest BCUT2D eigenvalue weighted by molar-refractivity contribution is 9.10. The molecule has 0 fully saturated rings. The molecule has 0 saturated carbocycles. The summed E-state index contributed by atoms with van der Waals surface area (Å²) < 4.78 is 1.06. The van der Waals surface area contributed by atoms with Gasteiger partial charge < -0.3 is 4.98 Å². The minimum absolute atomic E-state index is 0.410. The smallest absolute Gasteiger partial charge is 0.121 e. The standard InChI is InChI=1S/C11H10BrClN2/c1-7-2-3-8(12)4-9(7)10-6-14-11(5-13)15-10/h2-4,6H,5H2,1H3,(H,14,15). The Balaban J connectivity index is 2.48. The van der Waals surface area contributed by atoms with Crippen LogP contribution < -0.4 is 0 Å². The summed E-state index contributed by atoms with van der Waals surface area (Å²) in [6.07, 6.45) is 1.81. The first kappa shape index (κ1) is 10.7. The summed E-state index contributed by atoms with van der Waals surface area (Å²) in [4.78, 5) is 7.36. The van der Waals surface area contributed by atoms with Crippen LogP contribution in [0.2, 0.25) is 0 Å². The maximum Gasteiger partial charge on any atom is 0.121 e. The van der Waals surface area contributed by atoms with E-state index in [1.165, 1.54) is 5.56 Å². The minimum atomic E-state index is 0.410. The van der Waals surface area contributed by atoms with Gasteiger partial charge in [0.05, 0.1) is 17.8 Å². The minimum Gasteiger partial charge on any atom is -0.341 e. The van der Waals surface area contributed by atoms with E-state index < -0.39 is 0 Å². The highest BCUT2D eigenvalue weighted by atomic mass is 79.9. The Hall–Kier alpha value is -0.800. The van der Waals surface area contributed by atoms with Crippen LogP contribution in [0.25, 0.3) is 11.3 Å². The average molecular weight is 286 g/mol. The monoisotopic (exact) mass is 284 g/mol. The van der Waals surface area contributed by atoms with Gasteiger partial charge in [-0.1, -0.05) is 22.0 Å². The van der Waals surface area contributed by atoms with Gasteiger partial charge >= 0.3 is 0 Å². The molecule has 0 aliphatic rings. The lowest BCUT2D eigenvalue weighted by Crippen LogP contribution is -1.84. The van der Waals surface area contributed by atoms with Gasteiger partial charge in [0.2, 0.25) is 0 Å². The molecule has 0 radical (unpaired) electrons. The van der Waals surface area contributed by atoms with Crippen molar-refractivity contribution < 1.29 is 0 Å². The second-order valence-corrected chi connectivity index (χ2v) is 4.52. The van der Waals surface area contributed by atoms with Gasteiger partial charge in [0, 0.05) is 10.0 Å². The molecule has 0 bridgehead atoms. The predicted molar refractivity (Wildman–Crippen MR) is 66.0 cm³/mol. The lowest BCUT2D eigenvalue weighted by Gasteiger charge is -2.03. The van der Waals surface area contributed by atoms with E-state index in [0.29, 0.717) is 5.88 Å². The maximum absolute atomic E-state index is 5.70. The van der Waals surface area contributed by atoms with Gasteiger partial charge in [-0.15, -0.1) is 11.6 Å². The fourth-order valence-corrected chi connectivity index (χ4v) is 1.95. The van der Waals surface area contributed by atoms with E-state index >= 15 is 0 Å². The van der Waals surface area contributed by atoms with Crippen LogP contribution in [-0.2, 0) is 5.88 Å². The number of halogens is 2. The zero-order valence-electron chi connectivity index (χ0n) is 8.22. The number of nitrogens with zero attached hydrogens (tertiary/aromatic N) is 1. The topological polar surface area (TPSA) is 28.7 Å². The van der Waals surface area contributed by atoms with Crippen molar-refractivity contribution in [3.8, 4) is 11.3 Å². The molecule has 1 aromatic carbocycles. The van der Waals surface area contributed by atoms with Gasteiger partial charge in [0.25, 0.3) is 0 Å². The summed E-state index contributed by atoms with van der Waals surface area (Å²) in [5.74, 6) is 1.21. The first-order chi connectivity index (χ1) is 7.20. The largest absolute Gasteiger partial charge is 0.341 e. The second-order valence-electron chi connectivity index (χ2n) is 3.34. The summed E-state index contributed by atoms with van der Waals surface area (Å²) >= 11 is 9.15. The number of imidazole rings is 1. The third kappa shape index (κ3) is 2.24. The number of hydrogen-bond donors (Lipinski definition) is 1. The molecule has 0 aliphatic heterocycles. The molecule has 1 N–H and O–H groups in total. The van der Waals surface area contributed by atoms with Crippen LogP contribution >= 0.6 is 27.5 Å². The zero-order chi connectivity index (χ0) is 10.8. The number of aromatic amines is 1. The van der Waals surface area contributed by atoms with E-state index in [9.17, 15) is 0 Å². The number of aromatic nitrogens is 2.